The summed E-state index contributed by atoms with van der Waals surface area (Å²) < 4.78 is 4.93. The van der Waals surface area contributed by atoms with Gasteiger partial charge in [-0.1, -0.05) is 24.2 Å². The Labute approximate surface area is 179 Å². The van der Waals surface area contributed by atoms with Crippen molar-refractivity contribution in [1.82, 2.24) is 20.3 Å². The van der Waals surface area contributed by atoms with Crippen LogP contribution in [0.15, 0.2) is 46.1 Å². The molecule has 2 fully saturated rings. The number of aromatic nitrogens is 1. The quantitative estimate of drug-likeness (QED) is 0.604. The molecule has 0 aliphatic carbocycles. The fourth-order valence-electron chi connectivity index (χ4n) is 4.27. The zero-order valence-corrected chi connectivity index (χ0v) is 18.3. The molecule has 1 N–H and O–H groups in total. The highest BCUT2D eigenvalue weighted by molar-refractivity contribution is 5.80. The van der Waals surface area contributed by atoms with Gasteiger partial charge in [0.2, 0.25) is 0 Å². The Morgan fingerprint density at radius 1 is 1.07 bits per heavy atom. The Kier molecular flexibility index (Phi) is 6.89. The minimum atomic E-state index is 0.795. The molecule has 0 bridgehead atoms. The van der Waals surface area contributed by atoms with Gasteiger partial charge in [0.05, 0.1) is 5.69 Å². The van der Waals surface area contributed by atoms with Gasteiger partial charge < -0.3 is 19.6 Å². The van der Waals surface area contributed by atoms with Crippen LogP contribution in [0.3, 0.4) is 0 Å². The maximum atomic E-state index is 4.93. The summed E-state index contributed by atoms with van der Waals surface area (Å²) in [7, 11) is 1.87. The van der Waals surface area contributed by atoms with Crippen molar-refractivity contribution in [2.24, 2.45) is 10.9 Å². The van der Waals surface area contributed by atoms with E-state index in [-0.39, 0.29) is 0 Å². The summed E-state index contributed by atoms with van der Waals surface area (Å²) >= 11 is 0. The average Bonchev–Trinajstić information content (AvgIpc) is 3.29. The second-order valence-corrected chi connectivity index (χ2v) is 8.49. The number of nitrogens with zero attached hydrogens (tertiary/aromatic N) is 5. The van der Waals surface area contributed by atoms with E-state index in [2.05, 4.69) is 61.4 Å². The molecule has 0 radical (unpaired) electrons. The Bertz CT molecular complexity index is 788. The van der Waals surface area contributed by atoms with Crippen LogP contribution in [-0.2, 0) is 13.1 Å². The van der Waals surface area contributed by atoms with E-state index in [1.807, 2.05) is 13.1 Å². The number of hydrogen-bond donors (Lipinski definition) is 1. The Balaban J connectivity index is 1.23. The predicted octanol–water partition coefficient (Wildman–Crippen LogP) is 2.80. The summed E-state index contributed by atoms with van der Waals surface area (Å²) in [5, 5.41) is 7.55. The second-order valence-electron chi connectivity index (χ2n) is 8.49. The van der Waals surface area contributed by atoms with Crippen LogP contribution >= 0.6 is 0 Å². The molecular formula is C23H34N6O. The molecule has 7 nitrogen and oxygen atoms in total. The van der Waals surface area contributed by atoms with Crippen LogP contribution in [0.1, 0.15) is 31.0 Å². The third-order valence-corrected chi connectivity index (χ3v) is 6.30. The summed E-state index contributed by atoms with van der Waals surface area (Å²) in [5.41, 5.74) is 3.63. The van der Waals surface area contributed by atoms with Crippen LogP contribution in [0.4, 0.5) is 5.69 Å². The first-order valence-corrected chi connectivity index (χ1v) is 11.1. The zero-order chi connectivity index (χ0) is 20.8. The molecule has 3 heterocycles. The molecule has 162 valence electrons. The van der Waals surface area contributed by atoms with Crippen molar-refractivity contribution in [3.63, 3.8) is 0 Å². The summed E-state index contributed by atoms with van der Waals surface area (Å²) in [4.78, 5) is 11.8. The first-order chi connectivity index (χ1) is 14.7. The van der Waals surface area contributed by atoms with E-state index in [4.69, 9.17) is 4.52 Å². The highest BCUT2D eigenvalue weighted by atomic mass is 16.5. The van der Waals surface area contributed by atoms with Gasteiger partial charge >= 0.3 is 0 Å². The highest BCUT2D eigenvalue weighted by Crippen LogP contribution is 2.23. The van der Waals surface area contributed by atoms with Crippen LogP contribution in [0.2, 0.25) is 0 Å². The van der Waals surface area contributed by atoms with Crippen LogP contribution in [0, 0.1) is 5.92 Å². The molecule has 0 spiro atoms. The monoisotopic (exact) mass is 410 g/mol. The molecule has 2 aliphatic heterocycles. The second kappa shape index (κ2) is 9.98. The smallest absolute Gasteiger partial charge is 0.194 e. The lowest BCUT2D eigenvalue weighted by molar-refractivity contribution is 0.169. The maximum absolute atomic E-state index is 4.93. The van der Waals surface area contributed by atoms with Gasteiger partial charge in [-0.3, -0.25) is 9.89 Å². The molecule has 0 saturated carbocycles. The third kappa shape index (κ3) is 5.33. The number of guanidine groups is 1. The molecule has 2 aromatic rings. The first kappa shape index (κ1) is 20.7. The highest BCUT2D eigenvalue weighted by Gasteiger charge is 2.20. The van der Waals surface area contributed by atoms with Gasteiger partial charge in [0.25, 0.3) is 0 Å². The molecule has 1 aromatic heterocycles. The Hall–Kier alpha value is -2.54. The normalized spacial score (nSPS) is 19.3. The summed E-state index contributed by atoms with van der Waals surface area (Å²) in [6.45, 7) is 10.3. The molecule has 2 aliphatic rings. The molecule has 0 amide bonds. The van der Waals surface area contributed by atoms with E-state index < -0.39 is 0 Å². The van der Waals surface area contributed by atoms with Gasteiger partial charge in [0.1, 0.15) is 6.26 Å². The van der Waals surface area contributed by atoms with Crippen molar-refractivity contribution in [1.29, 1.82) is 0 Å². The predicted molar refractivity (Wildman–Crippen MR) is 121 cm³/mol. The first-order valence-electron chi connectivity index (χ1n) is 11.1. The van der Waals surface area contributed by atoms with Crippen molar-refractivity contribution in [3.05, 3.63) is 47.9 Å². The topological polar surface area (TPSA) is 60.1 Å². The number of anilines is 1. The number of piperazine rings is 1. The lowest BCUT2D eigenvalue weighted by Crippen LogP contribution is -2.52. The van der Waals surface area contributed by atoms with Gasteiger partial charge in [-0.05, 0) is 36.5 Å². The molecule has 0 unspecified atom stereocenters. The zero-order valence-electron chi connectivity index (χ0n) is 18.3. The summed E-state index contributed by atoms with van der Waals surface area (Å²) in [6, 6.07) is 10.9. The van der Waals surface area contributed by atoms with Gasteiger partial charge in [-0.25, -0.2) is 0 Å². The van der Waals surface area contributed by atoms with Gasteiger partial charge in [0, 0.05) is 71.2 Å². The van der Waals surface area contributed by atoms with E-state index in [1.54, 1.807) is 6.26 Å². The van der Waals surface area contributed by atoms with Crippen molar-refractivity contribution < 1.29 is 4.52 Å². The maximum Gasteiger partial charge on any atom is 0.194 e. The number of aliphatic imine (C=N–C) groups is 1. The van der Waals surface area contributed by atoms with Gasteiger partial charge in [-0.15, -0.1) is 0 Å². The third-order valence-electron chi connectivity index (χ3n) is 6.30. The molecule has 30 heavy (non-hydrogen) atoms. The van der Waals surface area contributed by atoms with Crippen molar-refractivity contribution in [2.75, 3.05) is 51.2 Å². The lowest BCUT2D eigenvalue weighted by Gasteiger charge is -2.36. The number of hydrogen-bond acceptors (Lipinski definition) is 5. The fraction of sp³-hybridized carbons (Fsp3) is 0.565. The minimum Gasteiger partial charge on any atom is -0.372 e. The summed E-state index contributed by atoms with van der Waals surface area (Å²) in [6.07, 6.45) is 4.23. The van der Waals surface area contributed by atoms with Crippen molar-refractivity contribution >= 4 is 11.6 Å². The van der Waals surface area contributed by atoms with E-state index in [1.165, 1.54) is 37.2 Å². The number of benzene rings is 1. The van der Waals surface area contributed by atoms with Crippen molar-refractivity contribution in [2.45, 2.75) is 32.9 Å². The van der Waals surface area contributed by atoms with Crippen LogP contribution in [-0.4, -0.2) is 67.2 Å². The van der Waals surface area contributed by atoms with Crippen molar-refractivity contribution in [3.8, 4) is 0 Å². The molecule has 4 rings (SSSR count). The van der Waals surface area contributed by atoms with E-state index in [0.717, 1.165) is 56.8 Å². The number of piperidine rings is 1. The average molecular weight is 411 g/mol. The van der Waals surface area contributed by atoms with Crippen LogP contribution in [0.25, 0.3) is 0 Å². The largest absolute Gasteiger partial charge is 0.372 e. The van der Waals surface area contributed by atoms with Crippen LogP contribution in [0.5, 0.6) is 0 Å². The Morgan fingerprint density at radius 2 is 1.80 bits per heavy atom. The number of rotatable bonds is 5. The molecular weight excluding hydrogens is 376 g/mol. The summed E-state index contributed by atoms with van der Waals surface area (Å²) in [5.74, 6) is 1.84. The van der Waals surface area contributed by atoms with Gasteiger partial charge in [0.15, 0.2) is 5.96 Å². The molecule has 1 aromatic carbocycles. The minimum absolute atomic E-state index is 0.795. The van der Waals surface area contributed by atoms with E-state index in [9.17, 15) is 0 Å². The van der Waals surface area contributed by atoms with Crippen LogP contribution < -0.4 is 10.2 Å². The lowest BCUT2D eigenvalue weighted by atomic mass is 9.99. The molecule has 7 heteroatoms. The number of nitrogens with one attached hydrogen (secondary N) is 1. The Morgan fingerprint density at radius 3 is 2.43 bits per heavy atom. The van der Waals surface area contributed by atoms with E-state index >= 15 is 0 Å². The van der Waals surface area contributed by atoms with E-state index in [0.29, 0.717) is 0 Å². The molecule has 0 atom stereocenters. The molecule has 2 saturated heterocycles. The fourth-order valence-corrected chi connectivity index (χ4v) is 4.27. The standard InChI is InChI=1S/C23H34N6O/c1-19-7-10-28(11-8-19)22-5-3-20(4-6-22)17-25-23(24-2)29-14-12-27(13-15-29)18-21-9-16-30-26-21/h3-6,9,16,19H,7-8,10-15,17-18H2,1-2H3,(H,24,25). The SMILES string of the molecule is CN=C(NCc1ccc(N2CCC(C)CC2)cc1)N1CCN(Cc2ccon2)CC1. The van der Waals surface area contributed by atoms with Gasteiger partial charge in [-0.2, -0.15) is 0 Å².